The number of aromatic nitrogens is 1. The van der Waals surface area contributed by atoms with Gasteiger partial charge in [0.25, 0.3) is 0 Å². The van der Waals surface area contributed by atoms with Crippen molar-refractivity contribution >= 4 is 11.6 Å². The number of carbonyl (C=O) groups excluding carboxylic acids is 1. The molecule has 0 aliphatic rings. The van der Waals surface area contributed by atoms with Crippen LogP contribution in [0.2, 0.25) is 0 Å². The van der Waals surface area contributed by atoms with E-state index in [-0.39, 0.29) is 18.3 Å². The van der Waals surface area contributed by atoms with E-state index in [4.69, 9.17) is 9.47 Å². The minimum Gasteiger partial charge on any atom is -0.497 e. The van der Waals surface area contributed by atoms with Gasteiger partial charge < -0.3 is 20.1 Å². The Hall–Kier alpha value is -4.05. The predicted molar refractivity (Wildman–Crippen MR) is 109 cm³/mol. The monoisotopic (exact) mass is 388 g/mol. The highest BCUT2D eigenvalue weighted by molar-refractivity contribution is 5.81. The van der Waals surface area contributed by atoms with Crippen LogP contribution in [0, 0.1) is 11.3 Å². The van der Waals surface area contributed by atoms with Crippen LogP contribution in [0.3, 0.4) is 0 Å². The van der Waals surface area contributed by atoms with Crippen molar-refractivity contribution in [2.45, 2.75) is 6.54 Å². The highest BCUT2D eigenvalue weighted by Gasteiger charge is 2.10. The molecule has 0 unspecified atom stereocenters. The topological polar surface area (TPSA) is 96.3 Å². The SMILES string of the molecule is COc1cccc(CNC(=O)CNc2ccccc2Oc2ncccc2C#N)c1. The van der Waals surface area contributed by atoms with E-state index in [9.17, 15) is 10.1 Å². The molecule has 7 heteroatoms. The van der Waals surface area contributed by atoms with Crippen LogP contribution in [-0.4, -0.2) is 24.5 Å². The van der Waals surface area contributed by atoms with Crippen molar-refractivity contribution in [3.8, 4) is 23.4 Å². The Morgan fingerprint density at radius 1 is 1.14 bits per heavy atom. The zero-order chi connectivity index (χ0) is 20.5. The summed E-state index contributed by atoms with van der Waals surface area (Å²) in [5.74, 6) is 1.26. The third-order valence-electron chi connectivity index (χ3n) is 4.05. The van der Waals surface area contributed by atoms with Crippen molar-refractivity contribution in [3.05, 3.63) is 78.0 Å². The maximum absolute atomic E-state index is 12.2. The number of amides is 1. The van der Waals surface area contributed by atoms with Crippen molar-refractivity contribution in [2.75, 3.05) is 19.0 Å². The minimum atomic E-state index is -0.168. The molecule has 0 saturated heterocycles. The molecule has 2 aromatic carbocycles. The second-order valence-electron chi connectivity index (χ2n) is 6.05. The Morgan fingerprint density at radius 2 is 2.00 bits per heavy atom. The number of nitrogens with one attached hydrogen (secondary N) is 2. The molecule has 29 heavy (non-hydrogen) atoms. The van der Waals surface area contributed by atoms with Gasteiger partial charge in [0, 0.05) is 12.7 Å². The number of carbonyl (C=O) groups is 1. The van der Waals surface area contributed by atoms with Gasteiger partial charge in [-0.15, -0.1) is 0 Å². The van der Waals surface area contributed by atoms with E-state index in [0.717, 1.165) is 11.3 Å². The molecule has 3 rings (SSSR count). The largest absolute Gasteiger partial charge is 0.497 e. The van der Waals surface area contributed by atoms with Gasteiger partial charge in [-0.3, -0.25) is 4.79 Å². The molecule has 1 heterocycles. The van der Waals surface area contributed by atoms with Crippen LogP contribution in [0.15, 0.2) is 66.9 Å². The van der Waals surface area contributed by atoms with E-state index in [0.29, 0.717) is 23.5 Å². The number of nitriles is 1. The first-order valence-corrected chi connectivity index (χ1v) is 8.95. The second-order valence-corrected chi connectivity index (χ2v) is 6.05. The van der Waals surface area contributed by atoms with E-state index in [1.165, 1.54) is 0 Å². The molecule has 0 aliphatic heterocycles. The summed E-state index contributed by atoms with van der Waals surface area (Å²) >= 11 is 0. The van der Waals surface area contributed by atoms with Crippen LogP contribution >= 0.6 is 0 Å². The number of anilines is 1. The average molecular weight is 388 g/mol. The van der Waals surface area contributed by atoms with E-state index in [2.05, 4.69) is 15.6 Å². The zero-order valence-corrected chi connectivity index (χ0v) is 15.9. The number of ether oxygens (including phenoxy) is 2. The fraction of sp³-hybridized carbons (Fsp3) is 0.136. The summed E-state index contributed by atoms with van der Waals surface area (Å²) in [6, 6.07) is 20.0. The molecule has 0 radical (unpaired) electrons. The van der Waals surface area contributed by atoms with E-state index in [1.54, 1.807) is 43.6 Å². The molecule has 0 saturated carbocycles. The van der Waals surface area contributed by atoms with Crippen molar-refractivity contribution in [1.82, 2.24) is 10.3 Å². The number of methoxy groups -OCH3 is 1. The average Bonchev–Trinajstić information content (AvgIpc) is 2.77. The molecule has 0 fully saturated rings. The smallest absolute Gasteiger partial charge is 0.239 e. The zero-order valence-electron chi connectivity index (χ0n) is 15.9. The summed E-state index contributed by atoms with van der Waals surface area (Å²) in [6.45, 7) is 0.465. The quantitative estimate of drug-likeness (QED) is 0.613. The number of benzene rings is 2. The number of hydrogen-bond donors (Lipinski definition) is 2. The minimum absolute atomic E-state index is 0.0671. The summed E-state index contributed by atoms with van der Waals surface area (Å²) in [6.07, 6.45) is 1.55. The van der Waals surface area contributed by atoms with Crippen molar-refractivity contribution in [3.63, 3.8) is 0 Å². The highest BCUT2D eigenvalue weighted by atomic mass is 16.5. The van der Waals surface area contributed by atoms with Crippen LogP contribution in [0.4, 0.5) is 5.69 Å². The summed E-state index contributed by atoms with van der Waals surface area (Å²) < 4.78 is 11.0. The van der Waals surface area contributed by atoms with Gasteiger partial charge in [-0.25, -0.2) is 4.98 Å². The van der Waals surface area contributed by atoms with Crippen LogP contribution in [0.5, 0.6) is 17.4 Å². The summed E-state index contributed by atoms with van der Waals surface area (Å²) in [5.41, 5.74) is 1.90. The lowest BCUT2D eigenvalue weighted by molar-refractivity contribution is -0.119. The van der Waals surface area contributed by atoms with Crippen molar-refractivity contribution in [1.29, 1.82) is 5.26 Å². The number of para-hydroxylation sites is 2. The lowest BCUT2D eigenvalue weighted by atomic mass is 10.2. The lowest BCUT2D eigenvalue weighted by Crippen LogP contribution is -2.29. The maximum atomic E-state index is 12.2. The molecule has 3 aromatic rings. The molecule has 0 atom stereocenters. The molecule has 1 amide bonds. The van der Waals surface area contributed by atoms with Crippen LogP contribution in [0.25, 0.3) is 0 Å². The number of nitrogens with zero attached hydrogens (tertiary/aromatic N) is 2. The normalized spacial score (nSPS) is 9.93. The van der Waals surface area contributed by atoms with Gasteiger partial charge >= 0.3 is 0 Å². The maximum Gasteiger partial charge on any atom is 0.239 e. The van der Waals surface area contributed by atoms with Gasteiger partial charge in [0.1, 0.15) is 17.4 Å². The lowest BCUT2D eigenvalue weighted by Gasteiger charge is -2.13. The highest BCUT2D eigenvalue weighted by Crippen LogP contribution is 2.29. The molecule has 2 N–H and O–H groups in total. The molecule has 0 spiro atoms. The first-order valence-electron chi connectivity index (χ1n) is 8.95. The van der Waals surface area contributed by atoms with Gasteiger partial charge in [-0.05, 0) is 42.0 Å². The molecular formula is C22H20N4O3. The Bertz CT molecular complexity index is 1030. The summed E-state index contributed by atoms with van der Waals surface area (Å²) in [5, 5.41) is 15.1. The fourth-order valence-corrected chi connectivity index (χ4v) is 2.58. The van der Waals surface area contributed by atoms with E-state index < -0.39 is 0 Å². The first kappa shape index (κ1) is 19.7. The second kappa shape index (κ2) is 9.76. The Balaban J connectivity index is 1.59. The summed E-state index contributed by atoms with van der Waals surface area (Å²) in [4.78, 5) is 16.3. The van der Waals surface area contributed by atoms with Gasteiger partial charge in [0.05, 0.1) is 19.3 Å². The van der Waals surface area contributed by atoms with Gasteiger partial charge in [0.15, 0.2) is 5.75 Å². The van der Waals surface area contributed by atoms with E-state index in [1.807, 2.05) is 36.4 Å². The van der Waals surface area contributed by atoms with Crippen LogP contribution in [0.1, 0.15) is 11.1 Å². The number of hydrogen-bond acceptors (Lipinski definition) is 6. The third kappa shape index (κ3) is 5.47. The third-order valence-corrected chi connectivity index (χ3v) is 4.05. The van der Waals surface area contributed by atoms with Gasteiger partial charge in [0.2, 0.25) is 11.8 Å². The molecular weight excluding hydrogens is 368 g/mol. The standard InChI is InChI=1S/C22H20N4O3/c1-28-18-8-4-6-16(12-18)14-26-21(27)15-25-19-9-2-3-10-20(19)29-22-17(13-23)7-5-11-24-22/h2-12,25H,14-15H2,1H3,(H,26,27). The molecule has 0 bridgehead atoms. The number of pyridine rings is 1. The van der Waals surface area contributed by atoms with Crippen LogP contribution < -0.4 is 20.1 Å². The van der Waals surface area contributed by atoms with Gasteiger partial charge in [-0.2, -0.15) is 5.26 Å². The molecule has 1 aromatic heterocycles. The predicted octanol–water partition coefficient (Wildman–Crippen LogP) is 3.48. The van der Waals surface area contributed by atoms with Crippen molar-refractivity contribution in [2.24, 2.45) is 0 Å². The molecule has 146 valence electrons. The summed E-state index contributed by atoms with van der Waals surface area (Å²) in [7, 11) is 1.60. The fourth-order valence-electron chi connectivity index (χ4n) is 2.58. The van der Waals surface area contributed by atoms with Crippen LogP contribution in [-0.2, 0) is 11.3 Å². The van der Waals surface area contributed by atoms with E-state index >= 15 is 0 Å². The van der Waals surface area contributed by atoms with Crippen molar-refractivity contribution < 1.29 is 14.3 Å². The number of rotatable bonds is 8. The molecule has 0 aliphatic carbocycles. The first-order chi connectivity index (χ1) is 14.2. The molecule has 7 nitrogen and oxygen atoms in total. The van der Waals surface area contributed by atoms with Gasteiger partial charge in [-0.1, -0.05) is 24.3 Å². The Labute approximate surface area is 168 Å². The Kier molecular flexibility index (Phi) is 6.63. The Morgan fingerprint density at radius 3 is 2.83 bits per heavy atom.